The number of halogens is 1. The second-order valence-electron chi connectivity index (χ2n) is 9.62. The van der Waals surface area contributed by atoms with Crippen molar-refractivity contribution in [1.82, 2.24) is 0 Å². The molecular formula is C21H35BrO3Si. The summed E-state index contributed by atoms with van der Waals surface area (Å²) in [5.74, 6) is 0.231. The number of carbonyl (C=O) groups is 1. The first-order valence-corrected chi connectivity index (χ1v) is 13.4. The predicted molar refractivity (Wildman–Crippen MR) is 114 cm³/mol. The number of hydrogen-bond donors (Lipinski definition) is 0. The van der Waals surface area contributed by atoms with Crippen molar-refractivity contribution >= 4 is 30.0 Å². The van der Waals surface area contributed by atoms with Gasteiger partial charge in [0.1, 0.15) is 6.10 Å². The third kappa shape index (κ3) is 5.63. The summed E-state index contributed by atoms with van der Waals surface area (Å²) in [5.41, 5.74) is 0.00165. The van der Waals surface area contributed by atoms with Crippen LogP contribution in [0.15, 0.2) is 23.2 Å². The molecule has 1 saturated heterocycles. The zero-order valence-corrected chi connectivity index (χ0v) is 19.8. The monoisotopic (exact) mass is 442 g/mol. The van der Waals surface area contributed by atoms with Gasteiger partial charge in [-0.1, -0.05) is 49.4 Å². The number of carbonyl (C=O) groups excluding carboxylic acids is 1. The summed E-state index contributed by atoms with van der Waals surface area (Å²) in [6.45, 7) is 17.6. The van der Waals surface area contributed by atoms with Gasteiger partial charge < -0.3 is 9.16 Å². The summed E-state index contributed by atoms with van der Waals surface area (Å²) in [7, 11) is -1.85. The quantitative estimate of drug-likeness (QED) is 0.334. The average Bonchev–Trinajstić information content (AvgIpc) is 3.21. The molecule has 0 N–H and O–H groups in total. The molecule has 2 aliphatic rings. The Hall–Kier alpha value is -0.233. The molecule has 3 nitrogen and oxygen atoms in total. The summed E-state index contributed by atoms with van der Waals surface area (Å²) in [4.78, 5) is 11.7. The van der Waals surface area contributed by atoms with E-state index in [0.717, 1.165) is 30.2 Å². The fraction of sp³-hybridized carbons (Fsp3) is 0.762. The molecule has 0 saturated carbocycles. The Morgan fingerprint density at radius 2 is 2.12 bits per heavy atom. The summed E-state index contributed by atoms with van der Waals surface area (Å²) in [6, 6.07) is 0. The van der Waals surface area contributed by atoms with Crippen LogP contribution < -0.4 is 0 Å². The average molecular weight is 443 g/mol. The van der Waals surface area contributed by atoms with Crippen molar-refractivity contribution in [3.63, 3.8) is 0 Å². The van der Waals surface area contributed by atoms with Crippen LogP contribution in [0.1, 0.15) is 59.8 Å². The van der Waals surface area contributed by atoms with Crippen LogP contribution in [0.25, 0.3) is 0 Å². The van der Waals surface area contributed by atoms with Gasteiger partial charge in [0.25, 0.3) is 0 Å². The lowest BCUT2D eigenvalue weighted by molar-refractivity contribution is -0.115. The molecule has 1 heterocycles. The zero-order valence-electron chi connectivity index (χ0n) is 17.2. The third-order valence-corrected chi connectivity index (χ3v) is 11.1. The summed E-state index contributed by atoms with van der Waals surface area (Å²) in [5, 5.41) is 0.183. The van der Waals surface area contributed by atoms with Gasteiger partial charge in [-0.15, -0.1) is 0 Å². The molecule has 0 aromatic heterocycles. The fourth-order valence-electron chi connectivity index (χ4n) is 3.50. The highest BCUT2D eigenvalue weighted by Crippen LogP contribution is 2.45. The van der Waals surface area contributed by atoms with E-state index < -0.39 is 8.32 Å². The number of allylic oxidation sites excluding steroid dienone is 3. The lowest BCUT2D eigenvalue weighted by Gasteiger charge is -2.40. The normalized spacial score (nSPS) is 30.3. The zero-order chi connectivity index (χ0) is 19.8. The Balaban J connectivity index is 2.11. The van der Waals surface area contributed by atoms with Gasteiger partial charge in [-0.05, 0) is 66.7 Å². The van der Waals surface area contributed by atoms with Crippen molar-refractivity contribution in [3.8, 4) is 0 Å². The van der Waals surface area contributed by atoms with Crippen molar-refractivity contribution in [2.45, 2.75) is 96.2 Å². The van der Waals surface area contributed by atoms with Crippen molar-refractivity contribution in [3.05, 3.63) is 23.2 Å². The van der Waals surface area contributed by atoms with Gasteiger partial charge in [0.05, 0.1) is 12.2 Å². The van der Waals surface area contributed by atoms with Crippen molar-refractivity contribution in [2.75, 3.05) is 0 Å². The van der Waals surface area contributed by atoms with Crippen LogP contribution in [-0.2, 0) is 14.0 Å². The Kier molecular flexibility index (Phi) is 6.80. The third-order valence-electron chi connectivity index (χ3n) is 6.34. The maximum atomic E-state index is 11.7. The number of epoxide rings is 1. The van der Waals surface area contributed by atoms with Crippen LogP contribution in [0.2, 0.25) is 18.1 Å². The predicted octanol–water partition coefficient (Wildman–Crippen LogP) is 6.15. The molecule has 1 aliphatic carbocycles. The van der Waals surface area contributed by atoms with E-state index in [9.17, 15) is 4.79 Å². The van der Waals surface area contributed by atoms with Gasteiger partial charge in [-0.3, -0.25) is 4.79 Å². The van der Waals surface area contributed by atoms with Gasteiger partial charge in [0.2, 0.25) is 0 Å². The Bertz CT molecular complexity index is 578. The first-order chi connectivity index (χ1) is 11.9. The number of ketones is 1. The molecule has 0 radical (unpaired) electrons. The van der Waals surface area contributed by atoms with Crippen molar-refractivity contribution < 1.29 is 14.0 Å². The molecule has 2 rings (SSSR count). The van der Waals surface area contributed by atoms with Crippen molar-refractivity contribution in [1.29, 1.82) is 0 Å². The minimum Gasteiger partial charge on any atom is -0.411 e. The smallest absolute Gasteiger partial charge is 0.192 e. The first-order valence-electron chi connectivity index (χ1n) is 9.74. The van der Waals surface area contributed by atoms with E-state index in [1.54, 1.807) is 6.08 Å². The second kappa shape index (κ2) is 8.02. The van der Waals surface area contributed by atoms with Gasteiger partial charge >= 0.3 is 0 Å². The topological polar surface area (TPSA) is 38.8 Å². The van der Waals surface area contributed by atoms with Gasteiger partial charge in [0.15, 0.2) is 14.1 Å². The van der Waals surface area contributed by atoms with Crippen LogP contribution >= 0.6 is 15.9 Å². The molecule has 0 amide bonds. The molecule has 1 aliphatic heterocycles. The van der Waals surface area contributed by atoms with Gasteiger partial charge in [-0.2, -0.15) is 0 Å². The summed E-state index contributed by atoms with van der Waals surface area (Å²) < 4.78 is 13.5. The highest BCUT2D eigenvalue weighted by atomic mass is 79.9. The number of rotatable bonds is 8. The largest absolute Gasteiger partial charge is 0.411 e. The maximum Gasteiger partial charge on any atom is 0.192 e. The summed E-state index contributed by atoms with van der Waals surface area (Å²) in [6.07, 6.45) is 8.85. The summed E-state index contributed by atoms with van der Waals surface area (Å²) >= 11 is 3.53. The molecule has 26 heavy (non-hydrogen) atoms. The lowest BCUT2D eigenvalue weighted by atomic mass is 9.72. The van der Waals surface area contributed by atoms with E-state index in [0.29, 0.717) is 6.42 Å². The molecule has 0 aromatic carbocycles. The highest BCUT2D eigenvalue weighted by molar-refractivity contribution is 9.11. The minimum absolute atomic E-state index is 0.00165. The van der Waals surface area contributed by atoms with Crippen molar-refractivity contribution in [2.24, 2.45) is 5.41 Å². The Morgan fingerprint density at radius 3 is 2.54 bits per heavy atom. The van der Waals surface area contributed by atoms with Gasteiger partial charge in [0, 0.05) is 6.42 Å². The maximum absolute atomic E-state index is 11.7. The molecule has 2 unspecified atom stereocenters. The lowest BCUT2D eigenvalue weighted by Crippen LogP contribution is -2.45. The Morgan fingerprint density at radius 1 is 1.50 bits per heavy atom. The fourth-order valence-corrected chi connectivity index (χ4v) is 5.42. The minimum atomic E-state index is -1.85. The van der Waals surface area contributed by atoms with Crippen LogP contribution in [-0.4, -0.2) is 32.4 Å². The SMILES string of the molecule is C=C(Br)C[C@@]1(CC[C@H](O[Si](C)(C)C(C)(C)C)C2OC2C)C=CC(=O)CC1. The van der Waals surface area contributed by atoms with E-state index in [1.165, 1.54) is 0 Å². The van der Waals surface area contributed by atoms with Crippen LogP contribution in [0.4, 0.5) is 0 Å². The van der Waals surface area contributed by atoms with E-state index >= 15 is 0 Å². The molecule has 0 aromatic rings. The molecule has 148 valence electrons. The standard InChI is InChI=1S/C21H35BrO3Si/c1-15(22)14-21(11-8-17(23)9-12-21)13-10-18(19-16(2)24-19)25-26(6,7)20(3,4)5/h8,11,16,18-19H,1,9-10,12-14H2,2-7H3/t16?,18-,19?,21-/m0/s1. The van der Waals surface area contributed by atoms with E-state index in [-0.39, 0.29) is 34.5 Å². The molecule has 5 heteroatoms. The van der Waals surface area contributed by atoms with Crippen LogP contribution in [0.5, 0.6) is 0 Å². The number of hydrogen-bond acceptors (Lipinski definition) is 3. The Labute approximate surface area is 168 Å². The van der Waals surface area contributed by atoms with E-state index in [1.807, 2.05) is 0 Å². The van der Waals surface area contributed by atoms with Crippen LogP contribution in [0.3, 0.4) is 0 Å². The number of ether oxygens (including phenoxy) is 1. The highest BCUT2D eigenvalue weighted by Gasteiger charge is 2.48. The second-order valence-corrected chi connectivity index (χ2v) is 15.5. The molecule has 4 atom stereocenters. The van der Waals surface area contributed by atoms with Gasteiger partial charge in [-0.25, -0.2) is 0 Å². The first kappa shape index (κ1) is 22.1. The van der Waals surface area contributed by atoms with E-state index in [2.05, 4.69) is 69.4 Å². The molecule has 0 spiro atoms. The van der Waals surface area contributed by atoms with Crippen LogP contribution in [0, 0.1) is 5.41 Å². The molecule has 0 bridgehead atoms. The van der Waals surface area contributed by atoms with E-state index in [4.69, 9.17) is 9.16 Å². The molecular weight excluding hydrogens is 408 g/mol. The molecule has 1 fully saturated rings.